The lowest BCUT2D eigenvalue weighted by Crippen LogP contribution is -2.53. The molecule has 22 heavy (non-hydrogen) atoms. The molecule has 1 aliphatic heterocycles. The van der Waals surface area contributed by atoms with Gasteiger partial charge in [0, 0.05) is 19.6 Å². The van der Waals surface area contributed by atoms with Crippen LogP contribution in [-0.2, 0) is 6.54 Å². The number of nitriles is 1. The molecule has 0 N–H and O–H groups in total. The van der Waals surface area contributed by atoms with Gasteiger partial charge in [-0.05, 0) is 48.4 Å². The molecule has 0 amide bonds. The van der Waals surface area contributed by atoms with Crippen LogP contribution in [0.5, 0.6) is 5.75 Å². The van der Waals surface area contributed by atoms with Gasteiger partial charge in [0.05, 0.1) is 11.6 Å². The molecule has 0 spiro atoms. The van der Waals surface area contributed by atoms with Crippen LogP contribution in [0.1, 0.15) is 16.7 Å². The van der Waals surface area contributed by atoms with Gasteiger partial charge >= 0.3 is 0 Å². The van der Waals surface area contributed by atoms with Crippen LogP contribution in [0, 0.1) is 24.1 Å². The minimum absolute atomic E-state index is 0.155. The predicted octanol–water partition coefficient (Wildman–Crippen LogP) is 3.27. The number of hydrogen-bond acceptors (Lipinski definition) is 3. The summed E-state index contributed by atoms with van der Waals surface area (Å²) in [5, 5.41) is 8.78. The molecule has 0 saturated carbocycles. The van der Waals surface area contributed by atoms with E-state index in [2.05, 4.69) is 11.0 Å². The van der Waals surface area contributed by atoms with Crippen molar-refractivity contribution in [2.45, 2.75) is 19.6 Å². The molecule has 1 fully saturated rings. The zero-order chi connectivity index (χ0) is 15.5. The van der Waals surface area contributed by atoms with Gasteiger partial charge in [-0.25, -0.2) is 4.39 Å². The highest BCUT2D eigenvalue weighted by molar-refractivity contribution is 5.33. The van der Waals surface area contributed by atoms with Crippen LogP contribution in [0.25, 0.3) is 0 Å². The molecule has 0 aliphatic carbocycles. The number of halogens is 1. The molecule has 0 bridgehead atoms. The summed E-state index contributed by atoms with van der Waals surface area (Å²) in [4.78, 5) is 2.28. The molecular formula is C18H17FN2O. The first-order chi connectivity index (χ1) is 10.6. The maximum atomic E-state index is 13.1. The fraction of sp³-hybridized carbons (Fsp3) is 0.278. The molecule has 1 aliphatic rings. The zero-order valence-corrected chi connectivity index (χ0v) is 12.4. The summed E-state index contributed by atoms with van der Waals surface area (Å²) in [7, 11) is 0. The molecule has 2 aromatic carbocycles. The van der Waals surface area contributed by atoms with Crippen molar-refractivity contribution >= 4 is 0 Å². The number of nitrogens with zero attached hydrogens (tertiary/aromatic N) is 2. The highest BCUT2D eigenvalue weighted by Crippen LogP contribution is 2.23. The molecule has 1 saturated heterocycles. The minimum atomic E-state index is -0.235. The maximum Gasteiger partial charge on any atom is 0.124 e. The monoisotopic (exact) mass is 296 g/mol. The van der Waals surface area contributed by atoms with Gasteiger partial charge in [-0.3, -0.25) is 4.90 Å². The molecule has 112 valence electrons. The lowest BCUT2D eigenvalue weighted by molar-refractivity contribution is 0.0141. The first-order valence-electron chi connectivity index (χ1n) is 7.28. The second kappa shape index (κ2) is 6.17. The minimum Gasteiger partial charge on any atom is -0.487 e. The summed E-state index contributed by atoms with van der Waals surface area (Å²) < 4.78 is 18.9. The lowest BCUT2D eigenvalue weighted by atomic mass is 10.1. The van der Waals surface area contributed by atoms with Crippen LogP contribution in [0.15, 0.2) is 42.5 Å². The third-order valence-corrected chi connectivity index (χ3v) is 3.84. The Morgan fingerprint density at radius 3 is 2.59 bits per heavy atom. The van der Waals surface area contributed by atoms with Gasteiger partial charge in [0.15, 0.2) is 0 Å². The summed E-state index contributed by atoms with van der Waals surface area (Å²) in [5.41, 5.74) is 2.70. The van der Waals surface area contributed by atoms with E-state index in [-0.39, 0.29) is 11.9 Å². The Kier molecular flexibility index (Phi) is 4.08. The van der Waals surface area contributed by atoms with Crippen molar-refractivity contribution in [3.8, 4) is 11.8 Å². The Bertz CT molecular complexity index is 700. The van der Waals surface area contributed by atoms with Crippen LogP contribution in [-0.4, -0.2) is 24.1 Å². The fourth-order valence-electron chi connectivity index (χ4n) is 2.59. The van der Waals surface area contributed by atoms with Crippen molar-refractivity contribution in [3.05, 3.63) is 65.0 Å². The van der Waals surface area contributed by atoms with E-state index in [0.29, 0.717) is 5.56 Å². The number of hydrogen-bond donors (Lipinski definition) is 0. The molecule has 0 aromatic heterocycles. The third kappa shape index (κ3) is 3.26. The van der Waals surface area contributed by atoms with E-state index in [1.807, 2.05) is 31.2 Å². The van der Waals surface area contributed by atoms with E-state index < -0.39 is 0 Å². The van der Waals surface area contributed by atoms with E-state index in [9.17, 15) is 4.39 Å². The van der Waals surface area contributed by atoms with Crippen LogP contribution in [0.2, 0.25) is 0 Å². The second-order valence-electron chi connectivity index (χ2n) is 5.65. The van der Waals surface area contributed by atoms with Crippen molar-refractivity contribution in [2.24, 2.45) is 0 Å². The average Bonchev–Trinajstić information content (AvgIpc) is 2.48. The Hall–Kier alpha value is -2.38. The van der Waals surface area contributed by atoms with Crippen LogP contribution < -0.4 is 4.74 Å². The summed E-state index contributed by atoms with van der Waals surface area (Å²) in [6, 6.07) is 14.4. The Morgan fingerprint density at radius 1 is 1.23 bits per heavy atom. The normalized spacial score (nSPS) is 15.1. The first kappa shape index (κ1) is 14.6. The topological polar surface area (TPSA) is 36.3 Å². The molecule has 2 aromatic rings. The van der Waals surface area contributed by atoms with Gasteiger partial charge in [0.1, 0.15) is 17.7 Å². The third-order valence-electron chi connectivity index (χ3n) is 3.84. The van der Waals surface area contributed by atoms with E-state index in [1.54, 1.807) is 6.07 Å². The molecule has 0 atom stereocenters. The molecule has 3 nitrogen and oxygen atoms in total. The Labute approximate surface area is 129 Å². The maximum absolute atomic E-state index is 13.1. The van der Waals surface area contributed by atoms with E-state index in [0.717, 1.165) is 30.9 Å². The molecule has 0 unspecified atom stereocenters. The summed E-state index contributed by atoms with van der Waals surface area (Å²) in [6.07, 6.45) is 0.155. The van der Waals surface area contributed by atoms with Crippen LogP contribution >= 0.6 is 0 Å². The van der Waals surface area contributed by atoms with Crippen LogP contribution in [0.4, 0.5) is 4.39 Å². The van der Waals surface area contributed by atoms with Crippen LogP contribution in [0.3, 0.4) is 0 Å². The van der Waals surface area contributed by atoms with Gasteiger partial charge in [0.25, 0.3) is 0 Å². The SMILES string of the molecule is Cc1cc(F)ccc1OC1CN(Cc2ccc(C#N)cc2)C1. The number of rotatable bonds is 4. The largest absolute Gasteiger partial charge is 0.487 e. The van der Waals surface area contributed by atoms with Gasteiger partial charge in [-0.1, -0.05) is 12.1 Å². The van der Waals surface area contributed by atoms with Gasteiger partial charge in [-0.15, -0.1) is 0 Å². The number of likely N-dealkylation sites (tertiary alicyclic amines) is 1. The quantitative estimate of drug-likeness (QED) is 0.869. The summed E-state index contributed by atoms with van der Waals surface area (Å²) in [6.45, 7) is 4.42. The van der Waals surface area contributed by atoms with Crippen molar-refractivity contribution in [1.82, 2.24) is 4.90 Å². The predicted molar refractivity (Wildman–Crippen MR) is 82.0 cm³/mol. The molecule has 4 heteroatoms. The van der Waals surface area contributed by atoms with Crippen molar-refractivity contribution in [3.63, 3.8) is 0 Å². The first-order valence-corrected chi connectivity index (χ1v) is 7.28. The number of benzene rings is 2. The Morgan fingerprint density at radius 2 is 1.95 bits per heavy atom. The zero-order valence-electron chi connectivity index (χ0n) is 12.4. The summed E-state index contributed by atoms with van der Waals surface area (Å²) in [5.74, 6) is 0.519. The van der Waals surface area contributed by atoms with Crippen molar-refractivity contribution in [2.75, 3.05) is 13.1 Å². The van der Waals surface area contributed by atoms with E-state index >= 15 is 0 Å². The van der Waals surface area contributed by atoms with Gasteiger partial charge in [0.2, 0.25) is 0 Å². The van der Waals surface area contributed by atoms with Crippen molar-refractivity contribution < 1.29 is 9.13 Å². The molecule has 0 radical (unpaired) electrons. The number of aryl methyl sites for hydroxylation is 1. The van der Waals surface area contributed by atoms with E-state index in [4.69, 9.17) is 10.00 Å². The highest BCUT2D eigenvalue weighted by Gasteiger charge is 2.28. The standard InChI is InChI=1S/C18H17FN2O/c1-13-8-16(19)6-7-18(13)22-17-11-21(12-17)10-15-4-2-14(9-20)3-5-15/h2-8,17H,10-12H2,1H3. The second-order valence-corrected chi connectivity index (χ2v) is 5.65. The summed E-state index contributed by atoms with van der Waals surface area (Å²) >= 11 is 0. The van der Waals surface area contributed by atoms with Gasteiger partial charge in [-0.2, -0.15) is 5.26 Å². The fourth-order valence-corrected chi connectivity index (χ4v) is 2.59. The van der Waals surface area contributed by atoms with E-state index in [1.165, 1.54) is 17.7 Å². The smallest absolute Gasteiger partial charge is 0.124 e. The average molecular weight is 296 g/mol. The van der Waals surface area contributed by atoms with Gasteiger partial charge < -0.3 is 4.74 Å². The highest BCUT2D eigenvalue weighted by atomic mass is 19.1. The molecular weight excluding hydrogens is 279 g/mol. The molecule has 3 rings (SSSR count). The number of ether oxygens (including phenoxy) is 1. The lowest BCUT2D eigenvalue weighted by Gasteiger charge is -2.39. The molecule has 1 heterocycles. The van der Waals surface area contributed by atoms with Crippen molar-refractivity contribution in [1.29, 1.82) is 5.26 Å². The Balaban J connectivity index is 1.50.